The van der Waals surface area contributed by atoms with Crippen LogP contribution in [0.25, 0.3) is 11.4 Å². The summed E-state index contributed by atoms with van der Waals surface area (Å²) in [6.45, 7) is 4.15. The largest absolute Gasteiger partial charge is 0.505 e. The van der Waals surface area contributed by atoms with E-state index in [4.69, 9.17) is 5.11 Å². The van der Waals surface area contributed by atoms with Crippen molar-refractivity contribution in [3.8, 4) is 17.1 Å². The van der Waals surface area contributed by atoms with Gasteiger partial charge in [0.05, 0.1) is 18.1 Å². The van der Waals surface area contributed by atoms with Crippen LogP contribution in [0.15, 0.2) is 30.7 Å². The summed E-state index contributed by atoms with van der Waals surface area (Å²) < 4.78 is 0. The highest BCUT2D eigenvalue weighted by molar-refractivity contribution is 5.58. The molecule has 2 heterocycles. The lowest BCUT2D eigenvalue weighted by atomic mass is 10.0. The molecule has 4 nitrogen and oxygen atoms in total. The minimum Gasteiger partial charge on any atom is -0.505 e. The maximum Gasteiger partial charge on any atom is 0.161 e. The van der Waals surface area contributed by atoms with Gasteiger partial charge in [0.2, 0.25) is 0 Å². The van der Waals surface area contributed by atoms with Crippen LogP contribution in [0.2, 0.25) is 0 Å². The van der Waals surface area contributed by atoms with Crippen LogP contribution in [0, 0.1) is 0 Å². The Balaban J connectivity index is 2.51. The summed E-state index contributed by atoms with van der Waals surface area (Å²) in [5.41, 5.74) is 1.88. The van der Waals surface area contributed by atoms with E-state index in [1.165, 1.54) is 12.4 Å². The highest BCUT2D eigenvalue weighted by Crippen LogP contribution is 2.24. The molecule has 2 aromatic heterocycles. The summed E-state index contributed by atoms with van der Waals surface area (Å²) in [4.78, 5) is 12.5. The summed E-state index contributed by atoms with van der Waals surface area (Å²) >= 11 is 0. The zero-order chi connectivity index (χ0) is 11.5. The van der Waals surface area contributed by atoms with E-state index in [0.29, 0.717) is 11.7 Å². The van der Waals surface area contributed by atoms with Gasteiger partial charge in [0.25, 0.3) is 0 Å². The third kappa shape index (κ3) is 2.00. The molecule has 0 aliphatic carbocycles. The summed E-state index contributed by atoms with van der Waals surface area (Å²) in [5.74, 6) is 0.974. The molecule has 0 spiro atoms. The molecule has 0 unspecified atom stereocenters. The van der Waals surface area contributed by atoms with Crippen molar-refractivity contribution < 1.29 is 5.11 Å². The van der Waals surface area contributed by atoms with E-state index in [1.807, 2.05) is 12.1 Å². The molecular weight excluding hydrogens is 202 g/mol. The molecule has 0 amide bonds. The highest BCUT2D eigenvalue weighted by Gasteiger charge is 2.11. The maximum absolute atomic E-state index is 9.14. The van der Waals surface area contributed by atoms with Crippen molar-refractivity contribution in [2.45, 2.75) is 19.8 Å². The van der Waals surface area contributed by atoms with E-state index in [2.05, 4.69) is 28.8 Å². The van der Waals surface area contributed by atoms with Crippen molar-refractivity contribution in [3.63, 3.8) is 0 Å². The second-order valence-corrected chi connectivity index (χ2v) is 3.86. The first kappa shape index (κ1) is 10.5. The van der Waals surface area contributed by atoms with Crippen LogP contribution in [-0.4, -0.2) is 20.1 Å². The van der Waals surface area contributed by atoms with Gasteiger partial charge >= 0.3 is 0 Å². The Morgan fingerprint density at radius 1 is 1.12 bits per heavy atom. The van der Waals surface area contributed by atoms with E-state index < -0.39 is 0 Å². The molecule has 0 bridgehead atoms. The summed E-state index contributed by atoms with van der Waals surface area (Å²) in [7, 11) is 0. The van der Waals surface area contributed by atoms with Crippen molar-refractivity contribution in [1.82, 2.24) is 15.0 Å². The Bertz CT molecular complexity index is 480. The van der Waals surface area contributed by atoms with Crippen LogP contribution in [-0.2, 0) is 0 Å². The third-order valence-corrected chi connectivity index (χ3v) is 2.26. The van der Waals surface area contributed by atoms with Gasteiger partial charge in [0.1, 0.15) is 0 Å². The molecule has 0 radical (unpaired) electrons. The summed E-state index contributed by atoms with van der Waals surface area (Å²) in [6.07, 6.45) is 4.54. The van der Waals surface area contributed by atoms with Crippen molar-refractivity contribution >= 4 is 0 Å². The zero-order valence-corrected chi connectivity index (χ0v) is 9.25. The van der Waals surface area contributed by atoms with Crippen LogP contribution in [0.5, 0.6) is 5.75 Å². The van der Waals surface area contributed by atoms with Gasteiger partial charge in [0.15, 0.2) is 11.6 Å². The Morgan fingerprint density at radius 2 is 1.81 bits per heavy atom. The number of rotatable bonds is 2. The Labute approximate surface area is 94.0 Å². The van der Waals surface area contributed by atoms with Crippen LogP contribution in [0.1, 0.15) is 25.5 Å². The van der Waals surface area contributed by atoms with Gasteiger partial charge < -0.3 is 5.11 Å². The van der Waals surface area contributed by atoms with Crippen LogP contribution >= 0.6 is 0 Å². The molecular formula is C12H13N3O. The van der Waals surface area contributed by atoms with Crippen LogP contribution < -0.4 is 0 Å². The molecule has 1 N–H and O–H groups in total. The highest BCUT2D eigenvalue weighted by atomic mass is 16.3. The Kier molecular flexibility index (Phi) is 2.81. The average molecular weight is 215 g/mol. The van der Waals surface area contributed by atoms with Crippen LogP contribution in [0.4, 0.5) is 0 Å². The number of aromatic nitrogens is 3. The zero-order valence-electron chi connectivity index (χ0n) is 9.25. The molecule has 82 valence electrons. The SMILES string of the molecule is CC(C)c1ncccc1-c1ncc(O)cn1. The normalized spacial score (nSPS) is 10.7. The van der Waals surface area contributed by atoms with Gasteiger partial charge in [-0.1, -0.05) is 13.8 Å². The minimum absolute atomic E-state index is 0.0683. The van der Waals surface area contributed by atoms with E-state index in [0.717, 1.165) is 11.3 Å². The van der Waals surface area contributed by atoms with E-state index in [1.54, 1.807) is 6.20 Å². The van der Waals surface area contributed by atoms with Gasteiger partial charge in [-0.15, -0.1) is 0 Å². The topological polar surface area (TPSA) is 58.9 Å². The predicted octanol–water partition coefficient (Wildman–Crippen LogP) is 2.37. The molecule has 0 aromatic carbocycles. The van der Waals surface area contributed by atoms with Crippen molar-refractivity contribution in [1.29, 1.82) is 0 Å². The maximum atomic E-state index is 9.14. The molecule has 0 fully saturated rings. The van der Waals surface area contributed by atoms with Gasteiger partial charge in [-0.05, 0) is 18.1 Å². The third-order valence-electron chi connectivity index (χ3n) is 2.26. The average Bonchev–Trinajstić information content (AvgIpc) is 2.30. The fourth-order valence-electron chi connectivity index (χ4n) is 1.53. The second-order valence-electron chi connectivity index (χ2n) is 3.86. The van der Waals surface area contributed by atoms with Gasteiger partial charge in [-0.25, -0.2) is 9.97 Å². The van der Waals surface area contributed by atoms with Crippen molar-refractivity contribution in [3.05, 3.63) is 36.4 Å². The monoisotopic (exact) mass is 215 g/mol. The predicted molar refractivity (Wildman–Crippen MR) is 61.0 cm³/mol. The summed E-state index contributed by atoms with van der Waals surface area (Å²) in [6, 6.07) is 3.80. The van der Waals surface area contributed by atoms with Gasteiger partial charge in [-0.2, -0.15) is 0 Å². The molecule has 16 heavy (non-hydrogen) atoms. The first-order chi connectivity index (χ1) is 7.68. The molecule has 0 atom stereocenters. The van der Waals surface area contributed by atoms with E-state index in [9.17, 15) is 0 Å². The number of nitrogens with zero attached hydrogens (tertiary/aromatic N) is 3. The first-order valence-corrected chi connectivity index (χ1v) is 5.15. The Hall–Kier alpha value is -1.97. The standard InChI is InChI=1S/C12H13N3O/c1-8(2)11-10(4-3-5-13-11)12-14-6-9(16)7-15-12/h3-8,16H,1-2H3. The van der Waals surface area contributed by atoms with E-state index >= 15 is 0 Å². The smallest absolute Gasteiger partial charge is 0.161 e. The molecule has 4 heteroatoms. The van der Waals surface area contributed by atoms with E-state index in [-0.39, 0.29) is 5.75 Å². The van der Waals surface area contributed by atoms with Gasteiger partial charge in [-0.3, -0.25) is 4.98 Å². The lowest BCUT2D eigenvalue weighted by Gasteiger charge is -2.09. The number of aromatic hydroxyl groups is 1. The van der Waals surface area contributed by atoms with Gasteiger partial charge in [0, 0.05) is 11.8 Å². The molecule has 2 aromatic rings. The minimum atomic E-state index is 0.0683. The quantitative estimate of drug-likeness (QED) is 0.835. The lowest BCUT2D eigenvalue weighted by Crippen LogP contribution is -1.98. The van der Waals surface area contributed by atoms with Crippen molar-refractivity contribution in [2.75, 3.05) is 0 Å². The number of hydrogen-bond acceptors (Lipinski definition) is 4. The van der Waals surface area contributed by atoms with Crippen molar-refractivity contribution in [2.24, 2.45) is 0 Å². The van der Waals surface area contributed by atoms with Crippen LogP contribution in [0.3, 0.4) is 0 Å². The fraction of sp³-hybridized carbons (Fsp3) is 0.250. The molecule has 2 rings (SSSR count). The lowest BCUT2D eigenvalue weighted by molar-refractivity contribution is 0.470. The molecule has 0 saturated carbocycles. The molecule has 0 saturated heterocycles. The molecule has 0 aliphatic heterocycles. The number of pyridine rings is 1. The molecule has 0 aliphatic rings. The Morgan fingerprint density at radius 3 is 2.44 bits per heavy atom. The second kappa shape index (κ2) is 4.26. The summed E-state index contributed by atoms with van der Waals surface area (Å²) in [5, 5.41) is 9.14. The first-order valence-electron chi connectivity index (χ1n) is 5.15. The number of hydrogen-bond donors (Lipinski definition) is 1. The fourth-order valence-corrected chi connectivity index (χ4v) is 1.53.